The van der Waals surface area contributed by atoms with Gasteiger partial charge in [-0.15, -0.1) is 0 Å². The van der Waals surface area contributed by atoms with Gasteiger partial charge in [0.25, 0.3) is 0 Å². The number of aryl methyl sites for hydroxylation is 2. The molecule has 1 aromatic carbocycles. The molecule has 0 aliphatic rings. The number of halogens is 1. The van der Waals surface area contributed by atoms with Gasteiger partial charge in [0.05, 0.1) is 17.4 Å². The first kappa shape index (κ1) is 9.36. The molecule has 1 rings (SSSR count). The van der Waals surface area contributed by atoms with Crippen molar-refractivity contribution >= 4 is 17.3 Å². The minimum atomic E-state index is 0.406. The van der Waals surface area contributed by atoms with Crippen LogP contribution in [0.1, 0.15) is 11.1 Å². The third-order valence-electron chi connectivity index (χ3n) is 1.71. The Hall–Kier alpha value is -0.730. The Bertz CT molecular complexity index is 261. The number of rotatable bonds is 2. The second-order valence-corrected chi connectivity index (χ2v) is 3.23. The molecule has 0 unspecified atom stereocenters. The molecule has 0 heterocycles. The maximum absolute atomic E-state index is 6.00. The van der Waals surface area contributed by atoms with E-state index in [2.05, 4.69) is 11.4 Å². The average molecular weight is 185 g/mol. The molecule has 0 fully saturated rings. The zero-order valence-electron chi connectivity index (χ0n) is 7.32. The van der Waals surface area contributed by atoms with Crippen molar-refractivity contribution in [3.8, 4) is 0 Å². The largest absolute Gasteiger partial charge is 0.371 e. The lowest BCUT2D eigenvalue weighted by Gasteiger charge is -2.10. The second kappa shape index (κ2) is 3.78. The van der Waals surface area contributed by atoms with Crippen LogP contribution in [-0.4, -0.2) is 6.67 Å². The molecule has 0 saturated carbocycles. The highest BCUT2D eigenvalue weighted by molar-refractivity contribution is 6.33. The fourth-order valence-electron chi connectivity index (χ4n) is 1.24. The molecule has 0 amide bonds. The van der Waals surface area contributed by atoms with Crippen LogP contribution in [0.15, 0.2) is 12.1 Å². The standard InChI is InChI=1S/C9H13ClN2/c1-6-3-7(2)9(12-5-11)8(10)4-6/h3-4,12H,5,11H2,1-2H3. The van der Waals surface area contributed by atoms with Gasteiger partial charge in [0.1, 0.15) is 0 Å². The van der Waals surface area contributed by atoms with Crippen molar-refractivity contribution in [1.82, 2.24) is 0 Å². The van der Waals surface area contributed by atoms with Gasteiger partial charge >= 0.3 is 0 Å². The summed E-state index contributed by atoms with van der Waals surface area (Å²) >= 11 is 6.00. The van der Waals surface area contributed by atoms with Crippen LogP contribution in [0.2, 0.25) is 5.02 Å². The van der Waals surface area contributed by atoms with E-state index in [1.807, 2.05) is 19.9 Å². The third kappa shape index (κ3) is 1.90. The van der Waals surface area contributed by atoms with Crippen molar-refractivity contribution in [2.75, 3.05) is 12.0 Å². The summed E-state index contributed by atoms with van der Waals surface area (Å²) in [7, 11) is 0. The summed E-state index contributed by atoms with van der Waals surface area (Å²) in [6.07, 6.45) is 0. The van der Waals surface area contributed by atoms with E-state index in [0.29, 0.717) is 6.67 Å². The molecule has 66 valence electrons. The van der Waals surface area contributed by atoms with Gasteiger partial charge in [-0.3, -0.25) is 0 Å². The van der Waals surface area contributed by atoms with Crippen LogP contribution in [0, 0.1) is 13.8 Å². The van der Waals surface area contributed by atoms with E-state index in [1.54, 1.807) is 0 Å². The number of benzene rings is 1. The molecular weight excluding hydrogens is 172 g/mol. The summed E-state index contributed by atoms with van der Waals surface area (Å²) in [6, 6.07) is 4.00. The molecule has 0 saturated heterocycles. The van der Waals surface area contributed by atoms with Gasteiger partial charge in [-0.1, -0.05) is 17.7 Å². The average Bonchev–Trinajstić information content (AvgIpc) is 1.96. The van der Waals surface area contributed by atoms with Gasteiger partial charge in [-0.25, -0.2) is 0 Å². The number of anilines is 1. The summed E-state index contributed by atoms with van der Waals surface area (Å²) in [5, 5.41) is 3.75. The number of hydrogen-bond donors (Lipinski definition) is 2. The van der Waals surface area contributed by atoms with Crippen LogP contribution in [0.5, 0.6) is 0 Å². The number of hydrogen-bond acceptors (Lipinski definition) is 2. The Morgan fingerprint density at radius 3 is 2.58 bits per heavy atom. The Labute approximate surface area is 77.7 Å². The molecule has 0 bridgehead atoms. The van der Waals surface area contributed by atoms with Gasteiger partial charge in [0.2, 0.25) is 0 Å². The first-order chi connectivity index (χ1) is 5.65. The first-order valence-corrected chi connectivity index (χ1v) is 4.23. The Kier molecular flexibility index (Phi) is 2.95. The van der Waals surface area contributed by atoms with Crippen molar-refractivity contribution in [3.63, 3.8) is 0 Å². The fraction of sp³-hybridized carbons (Fsp3) is 0.333. The predicted molar refractivity (Wildman–Crippen MR) is 53.6 cm³/mol. The minimum Gasteiger partial charge on any atom is -0.371 e. The maximum atomic E-state index is 6.00. The van der Waals surface area contributed by atoms with E-state index in [-0.39, 0.29) is 0 Å². The van der Waals surface area contributed by atoms with Gasteiger partial charge in [-0.05, 0) is 31.0 Å². The van der Waals surface area contributed by atoms with Crippen LogP contribution in [0.25, 0.3) is 0 Å². The van der Waals surface area contributed by atoms with Crippen molar-refractivity contribution in [2.45, 2.75) is 13.8 Å². The summed E-state index contributed by atoms with van der Waals surface area (Å²) in [5.41, 5.74) is 8.60. The maximum Gasteiger partial charge on any atom is 0.0643 e. The van der Waals surface area contributed by atoms with E-state index in [9.17, 15) is 0 Å². The van der Waals surface area contributed by atoms with Crippen molar-refractivity contribution in [2.24, 2.45) is 5.73 Å². The van der Waals surface area contributed by atoms with E-state index in [4.69, 9.17) is 17.3 Å². The SMILES string of the molecule is Cc1cc(C)c(NCN)c(Cl)c1. The van der Waals surface area contributed by atoms with Gasteiger partial charge in [0.15, 0.2) is 0 Å². The van der Waals surface area contributed by atoms with Gasteiger partial charge in [0, 0.05) is 0 Å². The fourth-order valence-corrected chi connectivity index (χ4v) is 1.63. The summed E-state index contributed by atoms with van der Waals surface area (Å²) in [4.78, 5) is 0. The van der Waals surface area contributed by atoms with Crippen molar-refractivity contribution in [3.05, 3.63) is 28.3 Å². The minimum absolute atomic E-state index is 0.406. The van der Waals surface area contributed by atoms with E-state index in [1.165, 1.54) is 5.56 Å². The predicted octanol–water partition coefficient (Wildman–Crippen LogP) is 2.28. The normalized spacial score (nSPS) is 10.0. The Balaban J connectivity index is 3.10. The summed E-state index contributed by atoms with van der Waals surface area (Å²) in [6.45, 7) is 4.44. The Morgan fingerprint density at radius 2 is 2.08 bits per heavy atom. The van der Waals surface area contributed by atoms with E-state index >= 15 is 0 Å². The molecule has 1 aromatic rings. The monoisotopic (exact) mass is 184 g/mol. The molecule has 3 N–H and O–H groups in total. The zero-order valence-corrected chi connectivity index (χ0v) is 8.07. The number of nitrogens with two attached hydrogens (primary N) is 1. The molecular formula is C9H13ClN2. The lowest BCUT2D eigenvalue weighted by atomic mass is 10.1. The molecule has 3 heteroatoms. The van der Waals surface area contributed by atoms with E-state index < -0.39 is 0 Å². The first-order valence-electron chi connectivity index (χ1n) is 3.86. The molecule has 0 aromatic heterocycles. The topological polar surface area (TPSA) is 38.0 Å². The van der Waals surface area contributed by atoms with Crippen LogP contribution in [0.4, 0.5) is 5.69 Å². The molecule has 0 aliphatic carbocycles. The highest BCUT2D eigenvalue weighted by Gasteiger charge is 2.02. The number of nitrogens with one attached hydrogen (secondary N) is 1. The zero-order chi connectivity index (χ0) is 9.14. The van der Waals surface area contributed by atoms with Gasteiger partial charge < -0.3 is 11.1 Å². The van der Waals surface area contributed by atoms with Crippen molar-refractivity contribution in [1.29, 1.82) is 0 Å². The molecule has 0 radical (unpaired) electrons. The quantitative estimate of drug-likeness (QED) is 0.693. The highest BCUT2D eigenvalue weighted by atomic mass is 35.5. The third-order valence-corrected chi connectivity index (χ3v) is 2.01. The molecule has 0 atom stereocenters. The van der Waals surface area contributed by atoms with Crippen LogP contribution < -0.4 is 11.1 Å². The molecule has 0 spiro atoms. The second-order valence-electron chi connectivity index (χ2n) is 2.82. The summed E-state index contributed by atoms with van der Waals surface area (Å²) in [5.74, 6) is 0. The summed E-state index contributed by atoms with van der Waals surface area (Å²) < 4.78 is 0. The van der Waals surface area contributed by atoms with E-state index in [0.717, 1.165) is 16.3 Å². The van der Waals surface area contributed by atoms with Gasteiger partial charge in [-0.2, -0.15) is 0 Å². The molecule has 12 heavy (non-hydrogen) atoms. The molecule has 2 nitrogen and oxygen atoms in total. The lowest BCUT2D eigenvalue weighted by molar-refractivity contribution is 1.13. The van der Waals surface area contributed by atoms with Crippen LogP contribution in [-0.2, 0) is 0 Å². The Morgan fingerprint density at radius 1 is 1.42 bits per heavy atom. The highest BCUT2D eigenvalue weighted by Crippen LogP contribution is 2.26. The molecule has 0 aliphatic heterocycles. The van der Waals surface area contributed by atoms with Crippen molar-refractivity contribution < 1.29 is 0 Å². The smallest absolute Gasteiger partial charge is 0.0643 e. The van der Waals surface area contributed by atoms with Crippen LogP contribution in [0.3, 0.4) is 0 Å². The lowest BCUT2D eigenvalue weighted by Crippen LogP contribution is -2.12. The van der Waals surface area contributed by atoms with Crippen LogP contribution >= 0.6 is 11.6 Å².